The van der Waals surface area contributed by atoms with Gasteiger partial charge in [-0.15, -0.1) is 0 Å². The van der Waals surface area contributed by atoms with Gasteiger partial charge in [0, 0.05) is 6.61 Å². The van der Waals surface area contributed by atoms with Gasteiger partial charge in [0.2, 0.25) is 0 Å². The molecule has 5 nitrogen and oxygen atoms in total. The molecule has 0 spiro atoms. The second kappa shape index (κ2) is 10.4. The van der Waals surface area contributed by atoms with E-state index >= 15 is 0 Å². The van der Waals surface area contributed by atoms with E-state index < -0.39 is 0 Å². The Balaban J connectivity index is 0.000000142. The Kier molecular flexibility index (Phi) is 7.12. The van der Waals surface area contributed by atoms with Crippen LogP contribution < -0.4 is 0 Å². The van der Waals surface area contributed by atoms with Gasteiger partial charge >= 0.3 is 11.9 Å². The molecule has 2 aromatic rings. The fourth-order valence-corrected chi connectivity index (χ4v) is 13.0. The van der Waals surface area contributed by atoms with Gasteiger partial charge in [-0.1, -0.05) is 74.0 Å². The number of carbonyl (C=O) groups excluding carboxylic acids is 2. The smallest absolute Gasteiger partial charge is 0.311 e. The highest BCUT2D eigenvalue weighted by molar-refractivity contribution is 5.78. The number of hydrogen-bond donors (Lipinski definition) is 1. The van der Waals surface area contributed by atoms with E-state index in [9.17, 15) is 14.7 Å². The van der Waals surface area contributed by atoms with E-state index in [4.69, 9.17) is 9.47 Å². The second-order valence-electron chi connectivity index (χ2n) is 16.4. The molecule has 1 N–H and O–H groups in total. The van der Waals surface area contributed by atoms with E-state index in [1.54, 1.807) is 7.11 Å². The van der Waals surface area contributed by atoms with Crippen LogP contribution in [0.15, 0.2) is 60.7 Å². The summed E-state index contributed by atoms with van der Waals surface area (Å²) in [5.74, 6) is 1.21. The molecule has 5 heteroatoms. The van der Waals surface area contributed by atoms with Gasteiger partial charge in [-0.2, -0.15) is 0 Å². The number of esters is 2. The van der Waals surface area contributed by atoms with Crippen molar-refractivity contribution in [3.05, 3.63) is 71.8 Å². The molecule has 2 aromatic carbocycles. The normalized spacial score (nSPS) is 42.4. The van der Waals surface area contributed by atoms with E-state index in [2.05, 4.69) is 61.5 Å². The van der Waals surface area contributed by atoms with Crippen LogP contribution in [0, 0.1) is 33.5 Å². The summed E-state index contributed by atoms with van der Waals surface area (Å²) in [6.45, 7) is 2.51. The Morgan fingerprint density at radius 1 is 0.636 bits per heavy atom. The van der Waals surface area contributed by atoms with Crippen molar-refractivity contribution in [1.29, 1.82) is 0 Å². The maximum Gasteiger partial charge on any atom is 0.311 e. The predicted octanol–water partition coefficient (Wildman–Crippen LogP) is 7.54. The van der Waals surface area contributed by atoms with Crippen molar-refractivity contribution in [2.75, 3.05) is 20.8 Å². The Morgan fingerprint density at radius 3 is 1.50 bits per heavy atom. The number of aliphatic hydroxyl groups excluding tert-OH is 1. The maximum atomic E-state index is 12.7. The van der Waals surface area contributed by atoms with Crippen LogP contribution >= 0.6 is 0 Å². The average molecular weight is 599 g/mol. The Bertz CT molecular complexity index is 1300. The van der Waals surface area contributed by atoms with Crippen molar-refractivity contribution in [2.24, 2.45) is 33.5 Å². The Hall–Kier alpha value is -2.66. The first-order valence-corrected chi connectivity index (χ1v) is 17.0. The van der Waals surface area contributed by atoms with Crippen LogP contribution in [-0.4, -0.2) is 37.9 Å². The fourth-order valence-electron chi connectivity index (χ4n) is 13.0. The molecule has 8 unspecified atom stereocenters. The number of hydrogen-bond acceptors (Lipinski definition) is 5. The molecule has 236 valence electrons. The van der Waals surface area contributed by atoms with Gasteiger partial charge in [0.05, 0.1) is 25.0 Å². The minimum absolute atomic E-state index is 0.0393. The van der Waals surface area contributed by atoms with Gasteiger partial charge < -0.3 is 14.6 Å². The summed E-state index contributed by atoms with van der Waals surface area (Å²) in [6.07, 6.45) is 14.0. The highest BCUT2D eigenvalue weighted by atomic mass is 16.5. The first kappa shape index (κ1) is 30.0. The number of methoxy groups -OCH3 is 2. The molecule has 0 saturated heterocycles. The third-order valence-electron chi connectivity index (χ3n) is 13.5. The molecule has 0 amide bonds. The van der Waals surface area contributed by atoms with Crippen molar-refractivity contribution in [3.8, 4) is 0 Å². The summed E-state index contributed by atoms with van der Waals surface area (Å²) < 4.78 is 10.5. The highest BCUT2D eigenvalue weighted by Crippen LogP contribution is 2.72. The number of rotatable bonds is 6. The topological polar surface area (TPSA) is 72.8 Å². The Labute approximate surface area is 263 Å². The van der Waals surface area contributed by atoms with Crippen LogP contribution in [0.1, 0.15) is 102 Å². The van der Waals surface area contributed by atoms with Crippen molar-refractivity contribution < 1.29 is 24.2 Å². The van der Waals surface area contributed by atoms with Crippen molar-refractivity contribution in [2.45, 2.75) is 101 Å². The van der Waals surface area contributed by atoms with Crippen LogP contribution in [0.4, 0.5) is 0 Å². The lowest BCUT2D eigenvalue weighted by atomic mass is 9.38. The predicted molar refractivity (Wildman–Crippen MR) is 170 cm³/mol. The highest BCUT2D eigenvalue weighted by Gasteiger charge is 2.67. The van der Waals surface area contributed by atoms with E-state index in [0.717, 1.165) is 57.8 Å². The van der Waals surface area contributed by atoms with E-state index in [1.165, 1.54) is 43.9 Å². The minimum atomic E-state index is -0.382. The number of aliphatic hydroxyl groups is 1. The van der Waals surface area contributed by atoms with E-state index in [1.807, 2.05) is 6.07 Å². The molecular weight excluding hydrogens is 548 g/mol. The van der Waals surface area contributed by atoms with Crippen LogP contribution in [0.25, 0.3) is 0 Å². The Morgan fingerprint density at radius 2 is 1.07 bits per heavy atom. The van der Waals surface area contributed by atoms with Gasteiger partial charge in [-0.05, 0) is 122 Å². The van der Waals surface area contributed by atoms with Gasteiger partial charge in [0.15, 0.2) is 0 Å². The lowest BCUT2D eigenvalue weighted by molar-refractivity contribution is -0.187. The molecule has 8 fully saturated rings. The lowest BCUT2D eigenvalue weighted by Gasteiger charge is -2.66. The van der Waals surface area contributed by atoms with Crippen LogP contribution in [0.2, 0.25) is 0 Å². The zero-order chi connectivity index (χ0) is 30.8. The number of carbonyl (C=O) groups is 2. The zero-order valence-corrected chi connectivity index (χ0v) is 26.9. The van der Waals surface area contributed by atoms with Crippen molar-refractivity contribution >= 4 is 11.9 Å². The molecule has 0 radical (unpaired) electrons. The third-order valence-corrected chi connectivity index (χ3v) is 13.5. The van der Waals surface area contributed by atoms with Crippen LogP contribution in [0.5, 0.6) is 0 Å². The summed E-state index contributed by atoms with van der Waals surface area (Å²) in [4.78, 5) is 25.3. The summed E-state index contributed by atoms with van der Waals surface area (Å²) in [6, 6.07) is 21.6. The van der Waals surface area contributed by atoms with Crippen LogP contribution in [-0.2, 0) is 29.9 Å². The molecular formula is C39H50O5. The van der Waals surface area contributed by atoms with Gasteiger partial charge in [-0.3, -0.25) is 9.59 Å². The summed E-state index contributed by atoms with van der Waals surface area (Å²) in [7, 11) is 3.07. The molecule has 10 rings (SSSR count). The molecule has 0 heterocycles. The lowest BCUT2D eigenvalue weighted by Crippen LogP contribution is -2.62. The van der Waals surface area contributed by atoms with Gasteiger partial charge in [0.25, 0.3) is 0 Å². The molecule has 8 aliphatic carbocycles. The van der Waals surface area contributed by atoms with Gasteiger partial charge in [-0.25, -0.2) is 0 Å². The second-order valence-corrected chi connectivity index (χ2v) is 16.4. The number of benzene rings is 2. The minimum Gasteiger partial charge on any atom is -0.469 e. The fraction of sp³-hybridized carbons (Fsp3) is 0.641. The molecule has 8 bridgehead atoms. The summed E-state index contributed by atoms with van der Waals surface area (Å²) >= 11 is 0. The zero-order valence-electron chi connectivity index (χ0n) is 26.9. The first-order chi connectivity index (χ1) is 21.1. The van der Waals surface area contributed by atoms with Crippen molar-refractivity contribution in [3.63, 3.8) is 0 Å². The summed E-state index contributed by atoms with van der Waals surface area (Å²) in [5, 5.41) is 10.1. The average Bonchev–Trinajstić information content (AvgIpc) is 3.04. The summed E-state index contributed by atoms with van der Waals surface area (Å²) in [5.41, 5.74) is 2.68. The monoisotopic (exact) mass is 598 g/mol. The standard InChI is InChI=1S/C20H26O2.C19H24O3/c1-3-18-9-15-10-19(12-18,16-7-5-4-6-8-16)14-20(11-15,13-18)17(21)22-2;1-22-16(21)19-9-14-7-17(11-19,13-20)10-18(8-14,12-19)15-5-3-2-4-6-15/h4-8,15H,3,9-14H2,1-2H3;2-6,14,20H,7-13H2,1H3. The molecule has 8 saturated carbocycles. The molecule has 8 atom stereocenters. The maximum absolute atomic E-state index is 12.7. The molecule has 0 aliphatic heterocycles. The third kappa shape index (κ3) is 4.50. The van der Waals surface area contributed by atoms with Crippen molar-refractivity contribution in [1.82, 2.24) is 0 Å². The molecule has 8 aliphatic rings. The largest absolute Gasteiger partial charge is 0.469 e. The van der Waals surface area contributed by atoms with E-state index in [-0.39, 0.29) is 45.6 Å². The van der Waals surface area contributed by atoms with Crippen LogP contribution in [0.3, 0.4) is 0 Å². The molecule has 0 aromatic heterocycles. The SMILES string of the molecule is CCC12CC3CC(C(=O)OC)(C1)CC(c1ccccc1)(C3)C2.COC(=O)C12CC3CC(CO)(C1)CC(c1ccccc1)(C3)C2. The molecule has 44 heavy (non-hydrogen) atoms. The van der Waals surface area contributed by atoms with E-state index in [0.29, 0.717) is 17.3 Å². The van der Waals surface area contributed by atoms with Gasteiger partial charge in [0.1, 0.15) is 0 Å². The number of ether oxygens (including phenoxy) is 2. The first-order valence-electron chi connectivity index (χ1n) is 17.0. The quantitative estimate of drug-likeness (QED) is 0.348.